The Bertz CT molecular complexity index is 397. The van der Waals surface area contributed by atoms with E-state index in [1.807, 2.05) is 28.1 Å². The SMILES string of the molecule is C=CCC1(P(=O)(OCO)OCC[N+](C)(C)C)OCCC1C.[OH-]. The molecule has 0 bridgehead atoms. The van der Waals surface area contributed by atoms with Crippen molar-refractivity contribution in [2.45, 2.75) is 25.1 Å². The second-order valence-electron chi connectivity index (χ2n) is 6.48. The quantitative estimate of drug-likeness (QED) is 0.299. The minimum absolute atomic E-state index is 0. The van der Waals surface area contributed by atoms with Crippen LogP contribution < -0.4 is 0 Å². The van der Waals surface area contributed by atoms with Crippen LogP contribution in [0.25, 0.3) is 0 Å². The minimum Gasteiger partial charge on any atom is -0.870 e. The molecule has 0 amide bonds. The van der Waals surface area contributed by atoms with E-state index in [9.17, 15) is 4.57 Å². The number of hydrogen-bond acceptors (Lipinski definition) is 6. The first-order chi connectivity index (χ1) is 9.71. The van der Waals surface area contributed by atoms with Gasteiger partial charge in [-0.15, -0.1) is 6.58 Å². The molecular formula is C14H30NO6P. The molecule has 1 rings (SSSR count). The standard InChI is InChI=1S/C14H29NO5P.H2O/c1-6-8-14(13(2)7-10-18-14)21(17,20-12-16)19-11-9-15(3,4)5;/h6,13,16H,1,7-12H2,2-5H3;1H2/q+1;/p-1. The monoisotopic (exact) mass is 339 g/mol. The van der Waals surface area contributed by atoms with Crippen LogP contribution in [0.15, 0.2) is 12.7 Å². The number of likely N-dealkylation sites (N-methyl/N-ethyl adjacent to an activating group) is 1. The molecular weight excluding hydrogens is 309 g/mol. The first kappa shape index (κ1) is 21.7. The zero-order chi connectivity index (χ0) is 16.1. The maximum absolute atomic E-state index is 13.2. The number of nitrogens with zero attached hydrogens (tertiary/aromatic N) is 1. The number of quaternary nitrogens is 1. The summed E-state index contributed by atoms with van der Waals surface area (Å²) >= 11 is 0. The fourth-order valence-electron chi connectivity index (χ4n) is 2.47. The topological polar surface area (TPSA) is 95.0 Å². The zero-order valence-electron chi connectivity index (χ0n) is 14.0. The third-order valence-electron chi connectivity index (χ3n) is 3.82. The van der Waals surface area contributed by atoms with Crippen molar-refractivity contribution in [1.82, 2.24) is 0 Å². The van der Waals surface area contributed by atoms with Gasteiger partial charge in [0.25, 0.3) is 0 Å². The van der Waals surface area contributed by atoms with Gasteiger partial charge in [0.2, 0.25) is 0 Å². The first-order valence-electron chi connectivity index (χ1n) is 7.26. The number of hydrogen-bond donors (Lipinski definition) is 1. The van der Waals surface area contributed by atoms with Crippen molar-refractivity contribution in [2.75, 3.05) is 47.7 Å². The maximum Gasteiger partial charge on any atom is 0.365 e. The lowest BCUT2D eigenvalue weighted by molar-refractivity contribution is -0.870. The highest BCUT2D eigenvalue weighted by molar-refractivity contribution is 7.55. The van der Waals surface area contributed by atoms with Crippen LogP contribution in [0.2, 0.25) is 0 Å². The smallest absolute Gasteiger partial charge is 0.365 e. The van der Waals surface area contributed by atoms with Crippen molar-refractivity contribution < 1.29 is 33.4 Å². The third kappa shape index (κ3) is 4.86. The molecule has 2 N–H and O–H groups in total. The maximum atomic E-state index is 13.2. The Balaban J connectivity index is 0.00000441. The Kier molecular flexibility index (Phi) is 8.44. The van der Waals surface area contributed by atoms with Crippen LogP contribution in [-0.4, -0.2) is 68.1 Å². The van der Waals surface area contributed by atoms with E-state index in [-0.39, 0.29) is 18.0 Å². The van der Waals surface area contributed by atoms with Crippen molar-refractivity contribution >= 4 is 7.60 Å². The summed E-state index contributed by atoms with van der Waals surface area (Å²) in [6.07, 6.45) is 2.82. The molecule has 1 fully saturated rings. The molecule has 0 aliphatic carbocycles. The Hall–Kier alpha value is -0.270. The van der Waals surface area contributed by atoms with Crippen LogP contribution in [-0.2, 0) is 18.3 Å². The average molecular weight is 339 g/mol. The van der Waals surface area contributed by atoms with E-state index in [1.54, 1.807) is 6.08 Å². The van der Waals surface area contributed by atoms with Gasteiger partial charge in [0.1, 0.15) is 13.2 Å². The second kappa shape index (κ2) is 8.55. The highest BCUT2D eigenvalue weighted by Crippen LogP contribution is 2.67. The Morgan fingerprint density at radius 1 is 1.45 bits per heavy atom. The second-order valence-corrected chi connectivity index (χ2v) is 8.75. The molecule has 1 saturated heterocycles. The van der Waals surface area contributed by atoms with Crippen molar-refractivity contribution in [3.05, 3.63) is 12.7 Å². The van der Waals surface area contributed by atoms with E-state index in [2.05, 4.69) is 6.58 Å². The molecule has 0 spiro atoms. The molecule has 0 aromatic carbocycles. The largest absolute Gasteiger partial charge is 0.870 e. The van der Waals surface area contributed by atoms with Crippen LogP contribution in [0.3, 0.4) is 0 Å². The highest BCUT2D eigenvalue weighted by Gasteiger charge is 2.57. The van der Waals surface area contributed by atoms with Gasteiger partial charge in [0.15, 0.2) is 12.1 Å². The number of aliphatic hydroxyl groups excluding tert-OH is 1. The van der Waals surface area contributed by atoms with Gasteiger partial charge >= 0.3 is 7.60 Å². The van der Waals surface area contributed by atoms with Gasteiger partial charge in [-0.2, -0.15) is 0 Å². The van der Waals surface area contributed by atoms with Gasteiger partial charge in [-0.3, -0.25) is 9.09 Å². The fourth-order valence-corrected chi connectivity index (χ4v) is 4.73. The Morgan fingerprint density at radius 2 is 2.09 bits per heavy atom. The Labute approximate surface area is 133 Å². The van der Waals surface area contributed by atoms with Crippen LogP contribution in [0.4, 0.5) is 0 Å². The van der Waals surface area contributed by atoms with Gasteiger partial charge in [-0.05, 0) is 12.3 Å². The lowest BCUT2D eigenvalue weighted by Gasteiger charge is -2.37. The van der Waals surface area contributed by atoms with Crippen LogP contribution in [0.1, 0.15) is 19.8 Å². The van der Waals surface area contributed by atoms with Gasteiger partial charge in [-0.25, -0.2) is 0 Å². The summed E-state index contributed by atoms with van der Waals surface area (Å²) in [5.41, 5.74) is 0. The molecule has 1 aliphatic heterocycles. The molecule has 0 saturated carbocycles. The predicted octanol–water partition coefficient (Wildman–Crippen LogP) is 2.02. The molecule has 0 aromatic heterocycles. The fraction of sp³-hybridized carbons (Fsp3) is 0.857. The van der Waals surface area contributed by atoms with Gasteiger partial charge in [-0.1, -0.05) is 13.0 Å². The number of rotatable bonds is 9. The minimum atomic E-state index is -3.61. The van der Waals surface area contributed by atoms with E-state index >= 15 is 0 Å². The summed E-state index contributed by atoms with van der Waals surface area (Å²) in [5, 5.41) is 8.09. The molecule has 0 aromatic rings. The van der Waals surface area contributed by atoms with E-state index in [0.29, 0.717) is 24.1 Å². The molecule has 0 radical (unpaired) electrons. The van der Waals surface area contributed by atoms with Gasteiger partial charge < -0.3 is 24.3 Å². The predicted molar refractivity (Wildman–Crippen MR) is 83.8 cm³/mol. The molecule has 22 heavy (non-hydrogen) atoms. The number of aliphatic hydroxyl groups is 1. The van der Waals surface area contributed by atoms with E-state index in [1.165, 1.54) is 0 Å². The van der Waals surface area contributed by atoms with E-state index in [4.69, 9.17) is 18.9 Å². The van der Waals surface area contributed by atoms with E-state index < -0.39 is 19.7 Å². The molecule has 3 unspecified atom stereocenters. The van der Waals surface area contributed by atoms with Crippen LogP contribution in [0.5, 0.6) is 0 Å². The summed E-state index contributed by atoms with van der Waals surface area (Å²) < 4.78 is 30.5. The molecule has 132 valence electrons. The molecule has 7 nitrogen and oxygen atoms in total. The summed E-state index contributed by atoms with van der Waals surface area (Å²) in [6, 6.07) is 0. The summed E-state index contributed by atoms with van der Waals surface area (Å²) in [4.78, 5) is 0. The van der Waals surface area contributed by atoms with E-state index in [0.717, 1.165) is 6.42 Å². The van der Waals surface area contributed by atoms with Gasteiger partial charge in [0, 0.05) is 13.0 Å². The van der Waals surface area contributed by atoms with Crippen molar-refractivity contribution in [3.63, 3.8) is 0 Å². The van der Waals surface area contributed by atoms with Gasteiger partial charge in [0.05, 0.1) is 21.1 Å². The molecule has 1 heterocycles. The van der Waals surface area contributed by atoms with Crippen LogP contribution >= 0.6 is 7.60 Å². The first-order valence-corrected chi connectivity index (χ1v) is 8.80. The number of ether oxygens (including phenoxy) is 1. The van der Waals surface area contributed by atoms with Crippen molar-refractivity contribution in [3.8, 4) is 0 Å². The summed E-state index contributed by atoms with van der Waals surface area (Å²) in [5.74, 6) is 0.0111. The molecule has 3 atom stereocenters. The highest BCUT2D eigenvalue weighted by atomic mass is 31.2. The third-order valence-corrected chi connectivity index (χ3v) is 6.48. The normalized spacial score (nSPS) is 28.0. The van der Waals surface area contributed by atoms with Crippen molar-refractivity contribution in [2.24, 2.45) is 5.92 Å². The molecule has 1 aliphatic rings. The summed E-state index contributed by atoms with van der Waals surface area (Å²) in [7, 11) is 2.46. The summed E-state index contributed by atoms with van der Waals surface area (Å²) in [6.45, 7) is 6.49. The lowest BCUT2D eigenvalue weighted by atomic mass is 10.0. The average Bonchev–Trinajstić information content (AvgIpc) is 2.71. The zero-order valence-corrected chi connectivity index (χ0v) is 14.9. The lowest BCUT2D eigenvalue weighted by Crippen LogP contribution is -2.39. The Morgan fingerprint density at radius 3 is 2.50 bits per heavy atom. The van der Waals surface area contributed by atoms with Crippen LogP contribution in [0, 0.1) is 5.92 Å². The van der Waals surface area contributed by atoms with Crippen molar-refractivity contribution in [1.29, 1.82) is 0 Å². The molecule has 8 heteroatoms.